The molecule has 3 unspecified atom stereocenters. The van der Waals surface area contributed by atoms with Crippen LogP contribution in [0, 0.1) is 5.92 Å². The molecule has 106 valence electrons. The van der Waals surface area contributed by atoms with Crippen molar-refractivity contribution in [3.63, 3.8) is 0 Å². The van der Waals surface area contributed by atoms with Crippen LogP contribution in [0.3, 0.4) is 0 Å². The van der Waals surface area contributed by atoms with Crippen molar-refractivity contribution in [1.29, 1.82) is 0 Å². The van der Waals surface area contributed by atoms with Crippen LogP contribution in [0.15, 0.2) is 0 Å². The van der Waals surface area contributed by atoms with Gasteiger partial charge in [-0.25, -0.2) is 0 Å². The molecule has 0 aromatic carbocycles. The number of nitrogens with two attached hydrogens (primary N) is 1. The molecule has 1 saturated heterocycles. The maximum Gasteiger partial charge on any atom is 0.0354 e. The van der Waals surface area contributed by atoms with E-state index in [0.717, 1.165) is 18.5 Å². The lowest BCUT2D eigenvalue weighted by atomic mass is 9.86. The zero-order valence-corrected chi connectivity index (χ0v) is 12.5. The quantitative estimate of drug-likeness (QED) is 0.812. The van der Waals surface area contributed by atoms with E-state index in [-0.39, 0.29) is 5.54 Å². The van der Waals surface area contributed by atoms with Gasteiger partial charge in [0.1, 0.15) is 0 Å². The molecule has 2 fully saturated rings. The highest BCUT2D eigenvalue weighted by Gasteiger charge is 2.43. The summed E-state index contributed by atoms with van der Waals surface area (Å²) in [6, 6.07) is 0.760. The first-order valence-electron chi connectivity index (χ1n) is 7.79. The van der Waals surface area contributed by atoms with Gasteiger partial charge in [-0.3, -0.25) is 9.80 Å². The number of hydrogen-bond acceptors (Lipinski definition) is 3. The van der Waals surface area contributed by atoms with Crippen molar-refractivity contribution in [2.45, 2.75) is 57.5 Å². The predicted molar refractivity (Wildman–Crippen MR) is 77.7 cm³/mol. The summed E-state index contributed by atoms with van der Waals surface area (Å²) in [6.07, 6.45) is 6.74. The molecule has 1 aliphatic heterocycles. The van der Waals surface area contributed by atoms with Gasteiger partial charge in [-0.1, -0.05) is 20.3 Å². The van der Waals surface area contributed by atoms with Crippen LogP contribution in [0.1, 0.15) is 46.0 Å². The minimum atomic E-state index is 0.280. The van der Waals surface area contributed by atoms with Gasteiger partial charge in [0.15, 0.2) is 0 Å². The molecule has 2 N–H and O–H groups in total. The summed E-state index contributed by atoms with van der Waals surface area (Å²) in [5.74, 6) is 0.754. The number of likely N-dealkylation sites (N-methyl/N-ethyl adjacent to an activating group) is 2. The average Bonchev–Trinajstić information content (AvgIpc) is 2.96. The molecule has 0 spiro atoms. The lowest BCUT2D eigenvalue weighted by molar-refractivity contribution is 0.0648. The van der Waals surface area contributed by atoms with Crippen LogP contribution in [-0.4, -0.2) is 54.6 Å². The van der Waals surface area contributed by atoms with Gasteiger partial charge in [-0.15, -0.1) is 0 Å². The van der Waals surface area contributed by atoms with Crippen LogP contribution < -0.4 is 5.73 Å². The Morgan fingerprint density at radius 2 is 2.11 bits per heavy atom. The van der Waals surface area contributed by atoms with E-state index in [4.69, 9.17) is 5.73 Å². The predicted octanol–water partition coefficient (Wildman–Crippen LogP) is 1.92. The molecule has 2 aliphatic rings. The summed E-state index contributed by atoms with van der Waals surface area (Å²) < 4.78 is 0. The highest BCUT2D eigenvalue weighted by atomic mass is 15.3. The van der Waals surface area contributed by atoms with Gasteiger partial charge in [0, 0.05) is 24.7 Å². The Hall–Kier alpha value is -0.120. The summed E-state index contributed by atoms with van der Waals surface area (Å²) >= 11 is 0. The van der Waals surface area contributed by atoms with E-state index >= 15 is 0 Å². The maximum absolute atomic E-state index is 6.15. The normalized spacial score (nSPS) is 37.8. The topological polar surface area (TPSA) is 32.5 Å². The SMILES string of the molecule is CCN1CCCC1CN(C)C1(CN)CCCC1C. The average molecular weight is 253 g/mol. The van der Waals surface area contributed by atoms with Crippen molar-refractivity contribution in [3.8, 4) is 0 Å². The lowest BCUT2D eigenvalue weighted by Gasteiger charge is -2.44. The molecule has 0 radical (unpaired) electrons. The smallest absolute Gasteiger partial charge is 0.0354 e. The lowest BCUT2D eigenvalue weighted by Crippen LogP contribution is -2.56. The highest BCUT2D eigenvalue weighted by molar-refractivity contribution is 5.00. The second kappa shape index (κ2) is 5.89. The largest absolute Gasteiger partial charge is 0.329 e. The molecule has 1 heterocycles. The fourth-order valence-corrected chi connectivity index (χ4v) is 4.27. The van der Waals surface area contributed by atoms with Gasteiger partial charge in [0.25, 0.3) is 0 Å². The number of likely N-dealkylation sites (tertiary alicyclic amines) is 1. The summed E-state index contributed by atoms with van der Waals surface area (Å²) in [5, 5.41) is 0. The van der Waals surface area contributed by atoms with E-state index in [1.165, 1.54) is 51.7 Å². The van der Waals surface area contributed by atoms with Gasteiger partial charge in [-0.05, 0) is 51.7 Å². The van der Waals surface area contributed by atoms with Crippen LogP contribution in [0.25, 0.3) is 0 Å². The minimum absolute atomic E-state index is 0.280. The molecule has 0 aromatic rings. The van der Waals surface area contributed by atoms with E-state index in [1.54, 1.807) is 0 Å². The molecule has 18 heavy (non-hydrogen) atoms. The van der Waals surface area contributed by atoms with Crippen molar-refractivity contribution < 1.29 is 0 Å². The first kappa shape index (κ1) is 14.3. The monoisotopic (exact) mass is 253 g/mol. The molecular formula is C15H31N3. The van der Waals surface area contributed by atoms with Crippen LogP contribution in [0.5, 0.6) is 0 Å². The summed E-state index contributed by atoms with van der Waals surface area (Å²) in [7, 11) is 2.31. The number of nitrogens with zero attached hydrogens (tertiary/aromatic N) is 2. The van der Waals surface area contributed by atoms with Gasteiger partial charge < -0.3 is 5.73 Å². The zero-order chi connectivity index (χ0) is 13.2. The van der Waals surface area contributed by atoms with Gasteiger partial charge in [0.2, 0.25) is 0 Å². The van der Waals surface area contributed by atoms with E-state index < -0.39 is 0 Å². The molecule has 3 atom stereocenters. The molecule has 0 bridgehead atoms. The van der Waals surface area contributed by atoms with E-state index in [9.17, 15) is 0 Å². The van der Waals surface area contributed by atoms with E-state index in [0.29, 0.717) is 0 Å². The molecule has 3 nitrogen and oxygen atoms in total. The third-order valence-corrected chi connectivity index (χ3v) is 5.67. The Kier molecular flexibility index (Phi) is 4.68. The van der Waals surface area contributed by atoms with E-state index in [1.807, 2.05) is 0 Å². The van der Waals surface area contributed by atoms with Gasteiger partial charge in [-0.2, -0.15) is 0 Å². The maximum atomic E-state index is 6.15. The first-order chi connectivity index (χ1) is 8.64. The van der Waals surface area contributed by atoms with Crippen LogP contribution in [-0.2, 0) is 0 Å². The standard InChI is InChI=1S/C15H31N3/c1-4-18-10-6-8-14(18)11-17(3)15(12-16)9-5-7-13(15)2/h13-14H,4-12,16H2,1-3H3. The Morgan fingerprint density at radius 3 is 2.67 bits per heavy atom. The zero-order valence-electron chi connectivity index (χ0n) is 12.5. The molecule has 0 aromatic heterocycles. The highest BCUT2D eigenvalue weighted by Crippen LogP contribution is 2.39. The van der Waals surface area contributed by atoms with Crippen molar-refractivity contribution in [2.75, 3.05) is 33.2 Å². The summed E-state index contributed by atoms with van der Waals surface area (Å²) in [6.45, 7) is 9.20. The van der Waals surface area contributed by atoms with Crippen LogP contribution in [0.4, 0.5) is 0 Å². The van der Waals surface area contributed by atoms with Gasteiger partial charge in [0.05, 0.1) is 0 Å². The van der Waals surface area contributed by atoms with Crippen LogP contribution in [0.2, 0.25) is 0 Å². The molecule has 1 saturated carbocycles. The molecule has 1 aliphatic carbocycles. The van der Waals surface area contributed by atoms with Crippen molar-refractivity contribution >= 4 is 0 Å². The molecular weight excluding hydrogens is 222 g/mol. The van der Waals surface area contributed by atoms with Gasteiger partial charge >= 0.3 is 0 Å². The molecule has 2 rings (SSSR count). The Labute approximate surface area is 113 Å². The fourth-order valence-electron chi connectivity index (χ4n) is 4.27. The van der Waals surface area contributed by atoms with Crippen molar-refractivity contribution in [1.82, 2.24) is 9.80 Å². The summed E-state index contributed by atoms with van der Waals surface area (Å²) in [5.41, 5.74) is 6.43. The number of hydrogen-bond donors (Lipinski definition) is 1. The Bertz CT molecular complexity index is 268. The second-order valence-corrected chi connectivity index (χ2v) is 6.41. The Balaban J connectivity index is 1.99. The third-order valence-electron chi connectivity index (χ3n) is 5.67. The molecule has 3 heteroatoms. The molecule has 0 amide bonds. The van der Waals surface area contributed by atoms with E-state index in [2.05, 4.69) is 30.7 Å². The number of rotatable bonds is 5. The summed E-state index contributed by atoms with van der Waals surface area (Å²) in [4.78, 5) is 5.24. The van der Waals surface area contributed by atoms with Crippen molar-refractivity contribution in [3.05, 3.63) is 0 Å². The third kappa shape index (κ3) is 2.45. The minimum Gasteiger partial charge on any atom is -0.329 e. The Morgan fingerprint density at radius 1 is 1.33 bits per heavy atom. The first-order valence-corrected chi connectivity index (χ1v) is 7.79. The van der Waals surface area contributed by atoms with Crippen LogP contribution >= 0.6 is 0 Å². The fraction of sp³-hybridized carbons (Fsp3) is 1.00. The second-order valence-electron chi connectivity index (χ2n) is 6.41. The van der Waals surface area contributed by atoms with Crippen molar-refractivity contribution in [2.24, 2.45) is 11.7 Å².